The zero-order valence-electron chi connectivity index (χ0n) is 12.0. The fourth-order valence-electron chi connectivity index (χ4n) is 3.50. The van der Waals surface area contributed by atoms with Gasteiger partial charge in [0.25, 0.3) is 0 Å². The summed E-state index contributed by atoms with van der Waals surface area (Å²) in [6.45, 7) is 3.85. The van der Waals surface area contributed by atoms with Gasteiger partial charge in [-0.05, 0) is 43.9 Å². The van der Waals surface area contributed by atoms with Crippen molar-refractivity contribution in [2.45, 2.75) is 39.5 Å². The minimum absolute atomic E-state index is 0.0361. The Morgan fingerprint density at radius 2 is 1.55 bits per heavy atom. The number of carbonyl (C=O) groups is 2. The van der Waals surface area contributed by atoms with Gasteiger partial charge in [-0.2, -0.15) is 0 Å². The number of hydrogen-bond donors (Lipinski definition) is 1. The molecule has 1 aromatic carbocycles. The zero-order valence-corrected chi connectivity index (χ0v) is 12.0. The first kappa shape index (κ1) is 13.2. The number of carbonyl (C=O) groups excluding carboxylic acids is 2. The van der Waals surface area contributed by atoms with Crippen molar-refractivity contribution in [2.24, 2.45) is 11.8 Å². The van der Waals surface area contributed by atoms with Gasteiger partial charge in [0.15, 0.2) is 0 Å². The van der Waals surface area contributed by atoms with E-state index in [0.29, 0.717) is 11.4 Å². The quantitative estimate of drug-likeness (QED) is 0.631. The van der Waals surface area contributed by atoms with E-state index in [2.05, 4.69) is 0 Å². The normalized spacial score (nSPS) is 26.0. The number of rotatable bonds is 1. The molecule has 4 heteroatoms. The number of hydrogen-bond acceptors (Lipinski definition) is 3. The molecule has 2 unspecified atom stereocenters. The predicted octanol–water partition coefficient (Wildman–Crippen LogP) is 2.57. The van der Waals surface area contributed by atoms with Gasteiger partial charge in [0, 0.05) is 5.69 Å². The molecule has 2 fully saturated rings. The van der Waals surface area contributed by atoms with E-state index < -0.39 is 0 Å². The van der Waals surface area contributed by atoms with Crippen LogP contribution in [0, 0.1) is 25.7 Å². The summed E-state index contributed by atoms with van der Waals surface area (Å²) in [5, 5.41) is 0. The van der Waals surface area contributed by atoms with E-state index >= 15 is 0 Å². The molecule has 1 heterocycles. The zero-order chi connectivity index (χ0) is 14.4. The van der Waals surface area contributed by atoms with Crippen LogP contribution in [0.1, 0.15) is 36.8 Å². The summed E-state index contributed by atoms with van der Waals surface area (Å²) in [6.07, 6.45) is 3.77. The number of anilines is 2. The first-order valence-corrected chi connectivity index (χ1v) is 7.25. The second-order valence-electron chi connectivity index (χ2n) is 6.00. The smallest absolute Gasteiger partial charge is 0.237 e. The molecular formula is C16H20N2O2. The number of amides is 2. The highest BCUT2D eigenvalue weighted by atomic mass is 16.2. The predicted molar refractivity (Wildman–Crippen MR) is 78.3 cm³/mol. The topological polar surface area (TPSA) is 63.4 Å². The van der Waals surface area contributed by atoms with Gasteiger partial charge in [-0.15, -0.1) is 0 Å². The van der Waals surface area contributed by atoms with Gasteiger partial charge in [-0.25, -0.2) is 4.90 Å². The van der Waals surface area contributed by atoms with Crippen molar-refractivity contribution in [1.82, 2.24) is 0 Å². The number of aryl methyl sites for hydroxylation is 2. The summed E-state index contributed by atoms with van der Waals surface area (Å²) >= 11 is 0. The molecule has 2 atom stereocenters. The van der Waals surface area contributed by atoms with Crippen LogP contribution in [0.4, 0.5) is 11.4 Å². The summed E-state index contributed by atoms with van der Waals surface area (Å²) in [6, 6.07) is 3.70. The molecule has 1 aromatic rings. The van der Waals surface area contributed by atoms with Crippen LogP contribution in [0.15, 0.2) is 12.1 Å². The standard InChI is InChI=1S/C16H20N2O2/c1-9-7-10(2)14(8-13(9)17)18-15(19)11-5-3-4-6-12(11)16(18)20/h7-8,11-12H,3-6,17H2,1-2H3. The number of imide groups is 1. The second-order valence-corrected chi connectivity index (χ2v) is 6.00. The fourth-order valence-corrected chi connectivity index (χ4v) is 3.50. The van der Waals surface area contributed by atoms with Crippen molar-refractivity contribution < 1.29 is 9.59 Å². The van der Waals surface area contributed by atoms with Crippen molar-refractivity contribution >= 4 is 23.2 Å². The average Bonchev–Trinajstić information content (AvgIpc) is 2.68. The van der Waals surface area contributed by atoms with Crippen LogP contribution >= 0.6 is 0 Å². The highest BCUT2D eigenvalue weighted by Gasteiger charge is 2.49. The Bertz CT molecular complexity index is 570. The molecule has 0 aromatic heterocycles. The molecule has 1 aliphatic heterocycles. The largest absolute Gasteiger partial charge is 0.398 e. The van der Waals surface area contributed by atoms with Gasteiger partial charge in [-0.3, -0.25) is 9.59 Å². The molecule has 0 bridgehead atoms. The molecule has 1 saturated heterocycles. The Balaban J connectivity index is 2.04. The summed E-state index contributed by atoms with van der Waals surface area (Å²) in [5.41, 5.74) is 9.14. The maximum absolute atomic E-state index is 12.6. The molecule has 4 nitrogen and oxygen atoms in total. The molecule has 3 rings (SSSR count). The summed E-state index contributed by atoms with van der Waals surface area (Å²) in [4.78, 5) is 26.5. The first-order valence-electron chi connectivity index (χ1n) is 7.25. The molecule has 20 heavy (non-hydrogen) atoms. The maximum Gasteiger partial charge on any atom is 0.237 e. The molecule has 2 amide bonds. The maximum atomic E-state index is 12.6. The molecule has 2 N–H and O–H groups in total. The molecule has 1 saturated carbocycles. The lowest BCUT2D eigenvalue weighted by molar-refractivity contribution is -0.122. The third kappa shape index (κ3) is 1.82. The van der Waals surface area contributed by atoms with E-state index in [9.17, 15) is 9.59 Å². The highest BCUT2D eigenvalue weighted by Crippen LogP contribution is 2.41. The summed E-state index contributed by atoms with van der Waals surface area (Å²) in [5.74, 6) is -0.298. The van der Waals surface area contributed by atoms with Gasteiger partial charge < -0.3 is 5.73 Å². The molecular weight excluding hydrogens is 252 g/mol. The Morgan fingerprint density at radius 3 is 2.10 bits per heavy atom. The van der Waals surface area contributed by atoms with Crippen molar-refractivity contribution in [3.63, 3.8) is 0 Å². The van der Waals surface area contributed by atoms with E-state index in [1.807, 2.05) is 19.9 Å². The Hall–Kier alpha value is -1.84. The molecule has 1 aliphatic carbocycles. The number of fused-ring (bicyclic) bond motifs is 1. The minimum Gasteiger partial charge on any atom is -0.398 e. The van der Waals surface area contributed by atoms with Crippen LogP contribution in [-0.4, -0.2) is 11.8 Å². The fraction of sp³-hybridized carbons (Fsp3) is 0.500. The number of benzene rings is 1. The van der Waals surface area contributed by atoms with Crippen LogP contribution in [0.5, 0.6) is 0 Å². The van der Waals surface area contributed by atoms with Crippen LogP contribution in [0.2, 0.25) is 0 Å². The van der Waals surface area contributed by atoms with Crippen molar-refractivity contribution in [1.29, 1.82) is 0 Å². The van der Waals surface area contributed by atoms with Crippen LogP contribution in [0.25, 0.3) is 0 Å². The monoisotopic (exact) mass is 272 g/mol. The van der Waals surface area contributed by atoms with Crippen LogP contribution in [0.3, 0.4) is 0 Å². The van der Waals surface area contributed by atoms with Gasteiger partial charge in [-0.1, -0.05) is 18.9 Å². The Labute approximate surface area is 118 Å². The first-order chi connectivity index (χ1) is 9.50. The lowest BCUT2D eigenvalue weighted by atomic mass is 9.81. The van der Waals surface area contributed by atoms with Crippen LogP contribution < -0.4 is 10.6 Å². The molecule has 0 spiro atoms. The van der Waals surface area contributed by atoms with Gasteiger partial charge >= 0.3 is 0 Å². The van der Waals surface area contributed by atoms with E-state index in [1.165, 1.54) is 4.90 Å². The number of nitrogens with zero attached hydrogens (tertiary/aromatic N) is 1. The summed E-state index contributed by atoms with van der Waals surface area (Å²) in [7, 11) is 0. The second kappa shape index (κ2) is 4.62. The third-order valence-corrected chi connectivity index (χ3v) is 4.67. The SMILES string of the molecule is Cc1cc(C)c(N2C(=O)C3CCCCC3C2=O)cc1N. The Kier molecular flexibility index (Phi) is 3.04. The molecule has 106 valence electrons. The average molecular weight is 272 g/mol. The van der Waals surface area contributed by atoms with E-state index in [1.54, 1.807) is 6.07 Å². The number of nitrogen functional groups attached to an aromatic ring is 1. The van der Waals surface area contributed by atoms with Gasteiger partial charge in [0.2, 0.25) is 11.8 Å². The third-order valence-electron chi connectivity index (χ3n) is 4.67. The molecule has 0 radical (unpaired) electrons. The van der Waals surface area contributed by atoms with Gasteiger partial charge in [0.05, 0.1) is 17.5 Å². The van der Waals surface area contributed by atoms with Crippen molar-refractivity contribution in [2.75, 3.05) is 10.6 Å². The Morgan fingerprint density at radius 1 is 1.00 bits per heavy atom. The van der Waals surface area contributed by atoms with Gasteiger partial charge in [0.1, 0.15) is 0 Å². The van der Waals surface area contributed by atoms with E-state index in [4.69, 9.17) is 5.73 Å². The highest BCUT2D eigenvalue weighted by molar-refractivity contribution is 6.22. The van der Waals surface area contributed by atoms with Crippen molar-refractivity contribution in [3.05, 3.63) is 23.3 Å². The van der Waals surface area contributed by atoms with Crippen LogP contribution in [-0.2, 0) is 9.59 Å². The molecule has 2 aliphatic rings. The lowest BCUT2D eigenvalue weighted by Gasteiger charge is -2.19. The minimum atomic E-state index is -0.113. The van der Waals surface area contributed by atoms with E-state index in [-0.39, 0.29) is 23.7 Å². The van der Waals surface area contributed by atoms with E-state index in [0.717, 1.165) is 36.8 Å². The lowest BCUT2D eigenvalue weighted by Crippen LogP contribution is -2.31. The summed E-state index contributed by atoms with van der Waals surface area (Å²) < 4.78 is 0. The number of nitrogens with two attached hydrogens (primary N) is 1. The van der Waals surface area contributed by atoms with Crippen molar-refractivity contribution in [3.8, 4) is 0 Å².